The summed E-state index contributed by atoms with van der Waals surface area (Å²) in [5.41, 5.74) is 1.05. The van der Waals surface area contributed by atoms with Crippen molar-refractivity contribution in [2.75, 3.05) is 6.61 Å². The highest BCUT2D eigenvalue weighted by atomic mass is 35.5. The molecule has 2 aromatic carbocycles. The number of nitriles is 1. The maximum Gasteiger partial charge on any atom is 0.311 e. The molecule has 7 nitrogen and oxygen atoms in total. The Labute approximate surface area is 176 Å². The van der Waals surface area contributed by atoms with Crippen LogP contribution in [0.5, 0.6) is 11.5 Å². The van der Waals surface area contributed by atoms with Crippen LogP contribution in [0.1, 0.15) is 24.8 Å². The van der Waals surface area contributed by atoms with Crippen molar-refractivity contribution in [2.24, 2.45) is 0 Å². The van der Waals surface area contributed by atoms with E-state index < -0.39 is 5.97 Å². The third kappa shape index (κ3) is 5.25. The summed E-state index contributed by atoms with van der Waals surface area (Å²) in [6.07, 6.45) is 0.182. The molecule has 0 unspecified atom stereocenters. The second-order valence-corrected chi connectivity index (χ2v) is 6.67. The Kier molecular flexibility index (Phi) is 6.70. The van der Waals surface area contributed by atoms with E-state index in [4.69, 9.17) is 42.5 Å². The first kappa shape index (κ1) is 20.6. The van der Waals surface area contributed by atoms with Gasteiger partial charge in [0.1, 0.15) is 0 Å². The quantitative estimate of drug-likeness (QED) is 0.389. The summed E-state index contributed by atoms with van der Waals surface area (Å²) in [5.74, 6) is 0.447. The lowest BCUT2D eigenvalue weighted by Crippen LogP contribution is -2.11. The van der Waals surface area contributed by atoms with E-state index in [0.717, 1.165) is 5.56 Å². The molecule has 0 amide bonds. The predicted octanol–water partition coefficient (Wildman–Crippen LogP) is 4.85. The Morgan fingerprint density at radius 3 is 2.69 bits per heavy atom. The van der Waals surface area contributed by atoms with Gasteiger partial charge in [0, 0.05) is 23.1 Å². The highest BCUT2D eigenvalue weighted by molar-refractivity contribution is 6.32. The zero-order chi connectivity index (χ0) is 20.8. The smallest absolute Gasteiger partial charge is 0.311 e. The number of hydrogen-bond donors (Lipinski definition) is 0. The lowest BCUT2D eigenvalue weighted by atomic mass is 10.2. The summed E-state index contributed by atoms with van der Waals surface area (Å²) >= 11 is 12.0. The van der Waals surface area contributed by atoms with Crippen LogP contribution < -0.4 is 9.47 Å². The van der Waals surface area contributed by atoms with Crippen molar-refractivity contribution in [3.63, 3.8) is 0 Å². The topological polar surface area (TPSA) is 98.2 Å². The number of benzene rings is 2. The van der Waals surface area contributed by atoms with Crippen LogP contribution in [0.3, 0.4) is 0 Å². The number of rotatable bonds is 7. The van der Waals surface area contributed by atoms with Gasteiger partial charge in [-0.05, 0) is 37.3 Å². The summed E-state index contributed by atoms with van der Waals surface area (Å²) in [5, 5.41) is 13.6. The molecule has 9 heteroatoms. The fraction of sp³-hybridized carbons (Fsp3) is 0.200. The number of esters is 1. The van der Waals surface area contributed by atoms with Gasteiger partial charge < -0.3 is 14.0 Å². The molecule has 0 aliphatic carbocycles. The summed E-state index contributed by atoms with van der Waals surface area (Å²) in [4.78, 5) is 16.5. The molecular formula is C20H15Cl2N3O4. The summed E-state index contributed by atoms with van der Waals surface area (Å²) in [6.45, 7) is 2.09. The van der Waals surface area contributed by atoms with Crippen LogP contribution in [0.15, 0.2) is 40.9 Å². The van der Waals surface area contributed by atoms with Gasteiger partial charge in [-0.2, -0.15) is 10.2 Å². The molecule has 0 bridgehead atoms. The van der Waals surface area contributed by atoms with Gasteiger partial charge in [-0.25, -0.2) is 0 Å². The molecule has 0 spiro atoms. The van der Waals surface area contributed by atoms with Gasteiger partial charge in [-0.15, -0.1) is 0 Å². The van der Waals surface area contributed by atoms with Gasteiger partial charge in [-0.3, -0.25) is 4.79 Å². The van der Waals surface area contributed by atoms with Gasteiger partial charge in [-0.1, -0.05) is 28.4 Å². The highest BCUT2D eigenvalue weighted by Gasteiger charge is 2.18. The minimum Gasteiger partial charge on any atom is -0.490 e. The van der Waals surface area contributed by atoms with Crippen LogP contribution >= 0.6 is 23.2 Å². The summed E-state index contributed by atoms with van der Waals surface area (Å²) < 4.78 is 15.9. The van der Waals surface area contributed by atoms with Crippen molar-refractivity contribution in [1.29, 1.82) is 5.26 Å². The molecule has 29 heavy (non-hydrogen) atoms. The van der Waals surface area contributed by atoms with E-state index in [-0.39, 0.29) is 29.4 Å². The summed E-state index contributed by atoms with van der Waals surface area (Å²) in [7, 11) is 0. The second kappa shape index (κ2) is 9.41. The van der Waals surface area contributed by atoms with Crippen LogP contribution in [0.2, 0.25) is 10.0 Å². The van der Waals surface area contributed by atoms with Crippen LogP contribution in [0.4, 0.5) is 0 Å². The minimum absolute atomic E-state index is 0.00978. The van der Waals surface area contributed by atoms with Gasteiger partial charge in [0.05, 0.1) is 29.7 Å². The minimum atomic E-state index is -0.552. The summed E-state index contributed by atoms with van der Waals surface area (Å²) in [6, 6.07) is 11.8. The maximum absolute atomic E-state index is 12.3. The number of carbonyl (C=O) groups is 1. The average Bonchev–Trinajstić information content (AvgIpc) is 3.18. The van der Waals surface area contributed by atoms with E-state index in [9.17, 15) is 4.79 Å². The molecular weight excluding hydrogens is 417 g/mol. The Hall–Kier alpha value is -3.08. The van der Waals surface area contributed by atoms with Gasteiger partial charge in [0.2, 0.25) is 11.7 Å². The van der Waals surface area contributed by atoms with Crippen LogP contribution in [-0.2, 0) is 11.2 Å². The second-order valence-electron chi connectivity index (χ2n) is 5.82. The van der Waals surface area contributed by atoms with Gasteiger partial charge in [0.25, 0.3) is 0 Å². The Bertz CT molecular complexity index is 1060. The van der Waals surface area contributed by atoms with E-state index in [0.29, 0.717) is 28.9 Å². The lowest BCUT2D eigenvalue weighted by molar-refractivity contribution is -0.134. The van der Waals surface area contributed by atoms with E-state index in [1.54, 1.807) is 31.2 Å². The molecule has 0 saturated heterocycles. The predicted molar refractivity (Wildman–Crippen MR) is 106 cm³/mol. The van der Waals surface area contributed by atoms with Gasteiger partial charge >= 0.3 is 5.97 Å². The zero-order valence-corrected chi connectivity index (χ0v) is 16.8. The van der Waals surface area contributed by atoms with Crippen molar-refractivity contribution in [3.8, 4) is 29.0 Å². The number of hydrogen-bond acceptors (Lipinski definition) is 7. The van der Waals surface area contributed by atoms with Crippen LogP contribution in [0, 0.1) is 11.3 Å². The molecule has 0 aliphatic heterocycles. The molecule has 0 aliphatic rings. The molecule has 148 valence electrons. The standard InChI is InChI=1S/C20H15Cl2N3O4/c1-2-27-16-10-12(11-23)9-15(22)19(16)28-18(26)8-7-17-24-20(25-29-17)13-3-5-14(21)6-4-13/h3-6,9-10H,2,7-8H2,1H3. The number of nitrogens with zero attached hydrogens (tertiary/aromatic N) is 3. The zero-order valence-electron chi connectivity index (χ0n) is 15.3. The molecule has 0 fully saturated rings. The Morgan fingerprint density at radius 2 is 2.00 bits per heavy atom. The fourth-order valence-electron chi connectivity index (χ4n) is 2.44. The van der Waals surface area contributed by atoms with E-state index >= 15 is 0 Å². The van der Waals surface area contributed by atoms with Crippen molar-refractivity contribution < 1.29 is 18.8 Å². The molecule has 0 radical (unpaired) electrons. The van der Waals surface area contributed by atoms with Crippen LogP contribution in [0.25, 0.3) is 11.4 Å². The first-order valence-corrected chi connectivity index (χ1v) is 9.41. The Morgan fingerprint density at radius 1 is 1.24 bits per heavy atom. The maximum atomic E-state index is 12.3. The Balaban J connectivity index is 1.65. The molecule has 1 heterocycles. The van der Waals surface area contributed by atoms with E-state index in [1.165, 1.54) is 12.1 Å². The van der Waals surface area contributed by atoms with E-state index in [2.05, 4.69) is 10.1 Å². The molecule has 1 aromatic heterocycles. The third-order valence-corrected chi connectivity index (χ3v) is 4.30. The number of aromatic nitrogens is 2. The number of aryl methyl sites for hydroxylation is 1. The number of halogens is 2. The molecule has 0 N–H and O–H groups in total. The molecule has 0 saturated carbocycles. The fourth-order valence-corrected chi connectivity index (χ4v) is 2.82. The van der Waals surface area contributed by atoms with Crippen molar-refractivity contribution in [3.05, 3.63) is 57.9 Å². The molecule has 3 rings (SSSR count). The van der Waals surface area contributed by atoms with Crippen molar-refractivity contribution >= 4 is 29.2 Å². The third-order valence-electron chi connectivity index (χ3n) is 3.77. The van der Waals surface area contributed by atoms with Crippen molar-refractivity contribution in [2.45, 2.75) is 19.8 Å². The molecule has 0 atom stereocenters. The average molecular weight is 432 g/mol. The van der Waals surface area contributed by atoms with Crippen molar-refractivity contribution in [1.82, 2.24) is 10.1 Å². The van der Waals surface area contributed by atoms with E-state index in [1.807, 2.05) is 6.07 Å². The largest absolute Gasteiger partial charge is 0.490 e. The number of ether oxygens (including phenoxy) is 2. The lowest BCUT2D eigenvalue weighted by Gasteiger charge is -2.12. The highest BCUT2D eigenvalue weighted by Crippen LogP contribution is 2.36. The molecule has 3 aromatic rings. The monoisotopic (exact) mass is 431 g/mol. The van der Waals surface area contributed by atoms with Gasteiger partial charge in [0.15, 0.2) is 11.5 Å². The first-order valence-electron chi connectivity index (χ1n) is 8.65. The van der Waals surface area contributed by atoms with Crippen LogP contribution in [-0.4, -0.2) is 22.7 Å². The number of carbonyl (C=O) groups excluding carboxylic acids is 1. The first-order chi connectivity index (χ1) is 14.0. The normalized spacial score (nSPS) is 10.4. The SMILES string of the molecule is CCOc1cc(C#N)cc(Cl)c1OC(=O)CCc1nc(-c2ccc(Cl)cc2)no1.